The molecule has 0 saturated carbocycles. The predicted molar refractivity (Wildman–Crippen MR) is 128 cm³/mol. The van der Waals surface area contributed by atoms with Crippen molar-refractivity contribution in [2.24, 2.45) is 5.73 Å². The zero-order valence-electron chi connectivity index (χ0n) is 18.0. The van der Waals surface area contributed by atoms with Gasteiger partial charge in [-0.15, -0.1) is 0 Å². The molecule has 0 unspecified atom stereocenters. The van der Waals surface area contributed by atoms with Gasteiger partial charge in [-0.2, -0.15) is 13.2 Å². The zero-order valence-corrected chi connectivity index (χ0v) is 19.5. The maximum atomic E-state index is 13.6. The Morgan fingerprint density at radius 1 is 0.939 bits per heavy atom. The van der Waals surface area contributed by atoms with Crippen LogP contribution >= 0.6 is 23.2 Å². The summed E-state index contributed by atoms with van der Waals surface area (Å²) in [7, 11) is 0. The van der Waals surface area contributed by atoms with E-state index in [0.29, 0.717) is 15.7 Å². The molecule has 3 rings (SSSR count). The van der Waals surface area contributed by atoms with E-state index in [-0.39, 0.29) is 17.8 Å². The zero-order chi connectivity index (χ0) is 24.4. The number of halogens is 5. The number of nitrogens with zero attached hydrogens (tertiary/aromatic N) is 1. The molecule has 0 spiro atoms. The average molecular weight is 495 g/mol. The van der Waals surface area contributed by atoms with Gasteiger partial charge in [-0.3, -0.25) is 0 Å². The van der Waals surface area contributed by atoms with Gasteiger partial charge in [0.2, 0.25) is 0 Å². The molecule has 0 amide bonds. The molecule has 174 valence electrons. The summed E-state index contributed by atoms with van der Waals surface area (Å²) < 4.78 is 40.8. The summed E-state index contributed by atoms with van der Waals surface area (Å²) in [6.45, 7) is 2.89. The molecule has 8 heteroatoms. The van der Waals surface area contributed by atoms with Crippen LogP contribution in [0.3, 0.4) is 0 Å². The molecule has 0 aliphatic carbocycles. The van der Waals surface area contributed by atoms with Crippen LogP contribution in [0.1, 0.15) is 25.0 Å². The lowest BCUT2D eigenvalue weighted by Gasteiger charge is -2.27. The summed E-state index contributed by atoms with van der Waals surface area (Å²) in [5, 5.41) is 11.2. The molecule has 3 nitrogen and oxygen atoms in total. The van der Waals surface area contributed by atoms with E-state index in [1.807, 2.05) is 6.07 Å². The fraction of sp³-hybridized carbons (Fsp3) is 0.200. The molecule has 0 aliphatic heterocycles. The summed E-state index contributed by atoms with van der Waals surface area (Å²) in [6.07, 6.45) is -3.05. The van der Waals surface area contributed by atoms with Gasteiger partial charge in [0.1, 0.15) is 0 Å². The summed E-state index contributed by atoms with van der Waals surface area (Å²) in [6, 6.07) is 17.6. The fourth-order valence-electron chi connectivity index (χ4n) is 3.24. The van der Waals surface area contributed by atoms with Gasteiger partial charge in [0.05, 0.1) is 16.9 Å². The van der Waals surface area contributed by atoms with Crippen molar-refractivity contribution in [2.45, 2.75) is 32.2 Å². The first-order valence-electron chi connectivity index (χ1n) is 10.0. The molecule has 0 atom stereocenters. The normalized spacial score (nSPS) is 12.7. The Morgan fingerprint density at radius 2 is 1.58 bits per heavy atom. The molecule has 3 aromatic rings. The maximum absolute atomic E-state index is 13.6. The SMILES string of the molecule is CC(C)(O)/C(N)=C/N(Cc1ccccc1C(F)(F)F)c1cccc(-c2cc(Cl)cc(Cl)c2)c1. The van der Waals surface area contributed by atoms with Crippen LogP contribution in [-0.4, -0.2) is 10.7 Å². The quantitative estimate of drug-likeness (QED) is 0.379. The maximum Gasteiger partial charge on any atom is 0.416 e. The van der Waals surface area contributed by atoms with E-state index < -0.39 is 17.3 Å². The summed E-state index contributed by atoms with van der Waals surface area (Å²) >= 11 is 12.3. The van der Waals surface area contributed by atoms with Crippen LogP contribution in [0.4, 0.5) is 18.9 Å². The highest BCUT2D eigenvalue weighted by molar-refractivity contribution is 6.35. The van der Waals surface area contributed by atoms with Crippen molar-refractivity contribution in [1.82, 2.24) is 0 Å². The molecule has 3 aromatic carbocycles. The summed E-state index contributed by atoms with van der Waals surface area (Å²) in [5.74, 6) is 0. The standard InChI is InChI=1S/C25H23Cl2F3N2O/c1-24(2,33)23(31)15-32(14-17-6-3-4-9-22(17)25(28,29)30)21-8-5-7-16(12-21)18-10-19(26)13-20(27)11-18/h3-13,15,33H,14,31H2,1-2H3/b23-15-. The fourth-order valence-corrected chi connectivity index (χ4v) is 3.77. The van der Waals surface area contributed by atoms with Crippen molar-refractivity contribution >= 4 is 28.9 Å². The number of aliphatic hydroxyl groups is 1. The highest BCUT2D eigenvalue weighted by Crippen LogP contribution is 2.34. The third-order valence-electron chi connectivity index (χ3n) is 5.04. The second-order valence-corrected chi connectivity index (χ2v) is 9.01. The van der Waals surface area contributed by atoms with Gasteiger partial charge in [-0.05, 0) is 66.9 Å². The lowest BCUT2D eigenvalue weighted by Crippen LogP contribution is -2.31. The van der Waals surface area contributed by atoms with Gasteiger partial charge in [0.15, 0.2) is 0 Å². The predicted octanol–water partition coefficient (Wildman–Crippen LogP) is 7.26. The van der Waals surface area contributed by atoms with E-state index in [1.165, 1.54) is 32.2 Å². The summed E-state index contributed by atoms with van der Waals surface area (Å²) in [5.41, 5.74) is 6.24. The number of nitrogens with two attached hydrogens (primary N) is 1. The Bertz CT molecular complexity index is 1150. The van der Waals surface area contributed by atoms with Crippen LogP contribution in [0.15, 0.2) is 78.6 Å². The Hall–Kier alpha value is -2.67. The van der Waals surface area contributed by atoms with Gasteiger partial charge in [0.25, 0.3) is 0 Å². The molecule has 33 heavy (non-hydrogen) atoms. The van der Waals surface area contributed by atoms with E-state index >= 15 is 0 Å². The van der Waals surface area contributed by atoms with Crippen LogP contribution in [0.25, 0.3) is 11.1 Å². The average Bonchev–Trinajstić information content (AvgIpc) is 2.71. The van der Waals surface area contributed by atoms with Crippen LogP contribution in [0.2, 0.25) is 10.0 Å². The van der Waals surface area contributed by atoms with Crippen molar-refractivity contribution in [2.75, 3.05) is 4.90 Å². The van der Waals surface area contributed by atoms with Gasteiger partial charge < -0.3 is 15.7 Å². The highest BCUT2D eigenvalue weighted by atomic mass is 35.5. The highest BCUT2D eigenvalue weighted by Gasteiger charge is 2.33. The van der Waals surface area contributed by atoms with Gasteiger partial charge in [0, 0.05) is 28.5 Å². The second-order valence-electron chi connectivity index (χ2n) is 8.13. The Balaban J connectivity index is 2.10. The lowest BCUT2D eigenvalue weighted by atomic mass is 10.0. The minimum absolute atomic E-state index is 0.0704. The molecule has 0 aliphatic rings. The van der Waals surface area contributed by atoms with Crippen LogP contribution in [0.5, 0.6) is 0 Å². The Kier molecular flexibility index (Phi) is 7.32. The Morgan fingerprint density at radius 3 is 2.18 bits per heavy atom. The van der Waals surface area contributed by atoms with Crippen molar-refractivity contribution < 1.29 is 18.3 Å². The first-order valence-corrected chi connectivity index (χ1v) is 10.8. The van der Waals surface area contributed by atoms with Gasteiger partial charge in [-0.1, -0.05) is 53.5 Å². The van der Waals surface area contributed by atoms with E-state index in [9.17, 15) is 18.3 Å². The van der Waals surface area contributed by atoms with Crippen molar-refractivity contribution in [1.29, 1.82) is 0 Å². The van der Waals surface area contributed by atoms with E-state index in [1.54, 1.807) is 47.4 Å². The molecule has 0 saturated heterocycles. The number of hydrogen-bond acceptors (Lipinski definition) is 3. The van der Waals surface area contributed by atoms with E-state index in [4.69, 9.17) is 28.9 Å². The largest absolute Gasteiger partial charge is 0.416 e. The third-order valence-corrected chi connectivity index (χ3v) is 5.47. The number of hydrogen-bond donors (Lipinski definition) is 2. The Labute approximate surface area is 200 Å². The minimum Gasteiger partial charge on any atom is -0.399 e. The minimum atomic E-state index is -4.51. The van der Waals surface area contributed by atoms with Crippen LogP contribution in [-0.2, 0) is 12.7 Å². The molecule has 0 aromatic heterocycles. The molecule has 0 heterocycles. The number of rotatable bonds is 6. The third kappa shape index (κ3) is 6.44. The van der Waals surface area contributed by atoms with Gasteiger partial charge in [-0.25, -0.2) is 0 Å². The van der Waals surface area contributed by atoms with Crippen molar-refractivity contribution in [3.8, 4) is 11.1 Å². The number of benzene rings is 3. The van der Waals surface area contributed by atoms with Crippen LogP contribution in [0, 0.1) is 0 Å². The number of alkyl halides is 3. The number of anilines is 1. The first kappa shape index (κ1) is 25.0. The molecule has 0 radical (unpaired) electrons. The van der Waals surface area contributed by atoms with Crippen molar-refractivity contribution in [3.05, 3.63) is 99.8 Å². The van der Waals surface area contributed by atoms with E-state index in [2.05, 4.69) is 0 Å². The first-order chi connectivity index (χ1) is 15.3. The lowest BCUT2D eigenvalue weighted by molar-refractivity contribution is -0.138. The van der Waals surface area contributed by atoms with Crippen LogP contribution < -0.4 is 10.6 Å². The monoisotopic (exact) mass is 494 g/mol. The molecular weight excluding hydrogens is 472 g/mol. The molecule has 0 fully saturated rings. The van der Waals surface area contributed by atoms with E-state index in [0.717, 1.165) is 17.2 Å². The van der Waals surface area contributed by atoms with Crippen molar-refractivity contribution in [3.63, 3.8) is 0 Å². The summed E-state index contributed by atoms with van der Waals surface area (Å²) in [4.78, 5) is 1.58. The molecule has 0 bridgehead atoms. The van der Waals surface area contributed by atoms with Gasteiger partial charge >= 0.3 is 6.18 Å². The molecular formula is C25H23Cl2F3N2O. The molecule has 3 N–H and O–H groups in total. The topological polar surface area (TPSA) is 49.5 Å². The second kappa shape index (κ2) is 9.67. The smallest absolute Gasteiger partial charge is 0.399 e.